The Hall–Kier alpha value is -4.28. The van der Waals surface area contributed by atoms with E-state index in [-0.39, 0.29) is 4.90 Å². The van der Waals surface area contributed by atoms with Crippen LogP contribution in [0.1, 0.15) is 18.1 Å². The molecule has 0 bridgehead atoms. The third-order valence-electron chi connectivity index (χ3n) is 5.90. The van der Waals surface area contributed by atoms with E-state index in [0.717, 1.165) is 20.3 Å². The summed E-state index contributed by atoms with van der Waals surface area (Å²) in [4.78, 5) is 13.9. The van der Waals surface area contributed by atoms with E-state index in [1.807, 2.05) is 67.8 Å². The summed E-state index contributed by atoms with van der Waals surface area (Å²) in [6, 6.07) is 30.2. The van der Waals surface area contributed by atoms with Gasteiger partial charge in [0.2, 0.25) is 0 Å². The first-order valence-electron chi connectivity index (χ1n) is 12.9. The van der Waals surface area contributed by atoms with Gasteiger partial charge in [0.25, 0.3) is 15.9 Å². The molecule has 4 aromatic rings. The summed E-state index contributed by atoms with van der Waals surface area (Å²) >= 11 is 1.51. The third kappa shape index (κ3) is 8.36. The maximum absolute atomic E-state index is 13.6. The van der Waals surface area contributed by atoms with Crippen LogP contribution in [0.25, 0.3) is 0 Å². The van der Waals surface area contributed by atoms with Gasteiger partial charge < -0.3 is 9.47 Å². The SMILES string of the molecule is CCOc1ccc(N(CC(=O)N/N=C\c2ccc(OCc3ccccc3)cc2)S(=O)(=O)c2ccc(SC)cc2)cc1. The molecule has 0 radical (unpaired) electrons. The molecule has 0 unspecified atom stereocenters. The van der Waals surface area contributed by atoms with Crippen LogP contribution >= 0.6 is 11.8 Å². The van der Waals surface area contributed by atoms with Crippen molar-refractivity contribution in [2.75, 3.05) is 23.7 Å². The molecule has 0 spiro atoms. The highest BCUT2D eigenvalue weighted by atomic mass is 32.2. The summed E-state index contributed by atoms with van der Waals surface area (Å²) in [7, 11) is -4.05. The minimum absolute atomic E-state index is 0.0788. The van der Waals surface area contributed by atoms with Crippen LogP contribution in [-0.4, -0.2) is 39.9 Å². The lowest BCUT2D eigenvalue weighted by Gasteiger charge is -2.24. The molecule has 0 heterocycles. The molecule has 10 heteroatoms. The van der Waals surface area contributed by atoms with Crippen molar-refractivity contribution in [3.8, 4) is 11.5 Å². The van der Waals surface area contributed by atoms with Gasteiger partial charge in [-0.1, -0.05) is 30.3 Å². The van der Waals surface area contributed by atoms with Gasteiger partial charge in [-0.05, 0) is 97.1 Å². The average Bonchev–Trinajstić information content (AvgIpc) is 3.00. The highest BCUT2D eigenvalue weighted by Crippen LogP contribution is 2.27. The predicted octanol–water partition coefficient (Wildman–Crippen LogP) is 5.73. The van der Waals surface area contributed by atoms with E-state index in [4.69, 9.17) is 9.47 Å². The first-order valence-corrected chi connectivity index (χ1v) is 15.5. The quantitative estimate of drug-likeness (QED) is 0.122. The molecule has 41 heavy (non-hydrogen) atoms. The molecule has 0 saturated heterocycles. The van der Waals surface area contributed by atoms with Crippen molar-refractivity contribution < 1.29 is 22.7 Å². The number of benzene rings is 4. The highest BCUT2D eigenvalue weighted by molar-refractivity contribution is 7.98. The van der Waals surface area contributed by atoms with E-state index >= 15 is 0 Å². The minimum atomic E-state index is -4.05. The number of hydrazone groups is 1. The molecule has 0 aliphatic heterocycles. The summed E-state index contributed by atoms with van der Waals surface area (Å²) in [5.74, 6) is 0.711. The molecular formula is C31H31N3O5S2. The average molecular weight is 590 g/mol. The van der Waals surface area contributed by atoms with Crippen molar-refractivity contribution in [1.82, 2.24) is 5.43 Å². The largest absolute Gasteiger partial charge is 0.494 e. The Morgan fingerprint density at radius 1 is 0.878 bits per heavy atom. The monoisotopic (exact) mass is 589 g/mol. The van der Waals surface area contributed by atoms with Crippen LogP contribution in [0.5, 0.6) is 11.5 Å². The van der Waals surface area contributed by atoms with Crippen molar-refractivity contribution in [1.29, 1.82) is 0 Å². The summed E-state index contributed by atoms with van der Waals surface area (Å²) < 4.78 is 39.5. The number of sulfonamides is 1. The molecule has 0 aliphatic rings. The normalized spacial score (nSPS) is 11.3. The smallest absolute Gasteiger partial charge is 0.264 e. The molecule has 4 rings (SSSR count). The first kappa shape index (κ1) is 29.7. The van der Waals surface area contributed by atoms with Crippen molar-refractivity contribution in [2.24, 2.45) is 5.10 Å². The molecule has 1 amide bonds. The fourth-order valence-corrected chi connectivity index (χ4v) is 5.63. The number of carbonyl (C=O) groups is 1. The Morgan fingerprint density at radius 2 is 1.51 bits per heavy atom. The molecule has 0 fully saturated rings. The summed E-state index contributed by atoms with van der Waals surface area (Å²) in [6.45, 7) is 2.33. The van der Waals surface area contributed by atoms with Crippen molar-refractivity contribution in [2.45, 2.75) is 23.3 Å². The van der Waals surface area contributed by atoms with E-state index in [2.05, 4.69) is 10.5 Å². The van der Waals surface area contributed by atoms with E-state index in [1.165, 1.54) is 30.1 Å². The van der Waals surface area contributed by atoms with Gasteiger partial charge in [-0.25, -0.2) is 13.8 Å². The number of rotatable bonds is 13. The van der Waals surface area contributed by atoms with Crippen molar-refractivity contribution in [3.63, 3.8) is 0 Å². The number of hydrogen-bond acceptors (Lipinski definition) is 7. The van der Waals surface area contributed by atoms with Crippen molar-refractivity contribution in [3.05, 3.63) is 114 Å². The lowest BCUT2D eigenvalue weighted by molar-refractivity contribution is -0.119. The molecular weight excluding hydrogens is 558 g/mol. The number of amides is 1. The second-order valence-corrected chi connectivity index (χ2v) is 11.5. The zero-order valence-corrected chi connectivity index (χ0v) is 24.4. The van der Waals surface area contributed by atoms with Crippen LogP contribution in [0.4, 0.5) is 5.69 Å². The van der Waals surface area contributed by atoms with Gasteiger partial charge in [-0.2, -0.15) is 5.10 Å². The van der Waals surface area contributed by atoms with Gasteiger partial charge in [0, 0.05) is 4.90 Å². The fourth-order valence-electron chi connectivity index (χ4n) is 3.80. The molecule has 0 aromatic heterocycles. The van der Waals surface area contributed by atoms with E-state index < -0.39 is 22.5 Å². The molecule has 0 saturated carbocycles. The third-order valence-corrected chi connectivity index (χ3v) is 8.43. The Kier molecular flexibility index (Phi) is 10.4. The first-order chi connectivity index (χ1) is 19.9. The second-order valence-electron chi connectivity index (χ2n) is 8.75. The van der Waals surface area contributed by atoms with Gasteiger partial charge in [0.15, 0.2) is 0 Å². The molecule has 0 aliphatic carbocycles. The number of nitrogens with zero attached hydrogens (tertiary/aromatic N) is 2. The van der Waals surface area contributed by atoms with Crippen LogP contribution < -0.4 is 19.2 Å². The second kappa shape index (κ2) is 14.4. The maximum atomic E-state index is 13.6. The van der Waals surface area contributed by atoms with Gasteiger partial charge in [0.05, 0.1) is 23.4 Å². The topological polar surface area (TPSA) is 97.3 Å². The summed E-state index contributed by atoms with van der Waals surface area (Å²) in [5.41, 5.74) is 4.56. The lowest BCUT2D eigenvalue weighted by Crippen LogP contribution is -2.39. The Balaban J connectivity index is 1.43. The predicted molar refractivity (Wildman–Crippen MR) is 163 cm³/mol. The van der Waals surface area contributed by atoms with Crippen LogP contribution in [0.3, 0.4) is 0 Å². The number of carbonyl (C=O) groups excluding carboxylic acids is 1. The summed E-state index contributed by atoms with van der Waals surface area (Å²) in [6.07, 6.45) is 3.39. The van der Waals surface area contributed by atoms with E-state index in [9.17, 15) is 13.2 Å². The van der Waals surface area contributed by atoms with Crippen LogP contribution in [0.2, 0.25) is 0 Å². The van der Waals surface area contributed by atoms with Crippen molar-refractivity contribution >= 4 is 39.6 Å². The number of ether oxygens (including phenoxy) is 2. The zero-order chi connectivity index (χ0) is 29.1. The number of nitrogens with one attached hydrogen (secondary N) is 1. The maximum Gasteiger partial charge on any atom is 0.264 e. The number of hydrogen-bond donors (Lipinski definition) is 1. The Bertz CT molecular complexity index is 1540. The van der Waals surface area contributed by atoms with Gasteiger partial charge in [-0.15, -0.1) is 11.8 Å². The minimum Gasteiger partial charge on any atom is -0.494 e. The van der Waals surface area contributed by atoms with Gasteiger partial charge in [0.1, 0.15) is 24.7 Å². The highest BCUT2D eigenvalue weighted by Gasteiger charge is 2.27. The Labute approximate surface area is 245 Å². The molecule has 0 atom stereocenters. The zero-order valence-electron chi connectivity index (χ0n) is 22.8. The molecule has 4 aromatic carbocycles. The van der Waals surface area contributed by atoms with E-state index in [0.29, 0.717) is 30.4 Å². The number of anilines is 1. The van der Waals surface area contributed by atoms with E-state index in [1.54, 1.807) is 36.4 Å². The molecule has 8 nitrogen and oxygen atoms in total. The van der Waals surface area contributed by atoms with Crippen LogP contribution in [0.15, 0.2) is 118 Å². The molecule has 212 valence electrons. The van der Waals surface area contributed by atoms with Crippen LogP contribution in [-0.2, 0) is 21.4 Å². The Morgan fingerprint density at radius 3 is 2.15 bits per heavy atom. The summed E-state index contributed by atoms with van der Waals surface area (Å²) in [5, 5.41) is 4.02. The van der Waals surface area contributed by atoms with Gasteiger partial charge >= 0.3 is 0 Å². The molecule has 1 N–H and O–H groups in total. The van der Waals surface area contributed by atoms with Crippen LogP contribution in [0, 0.1) is 0 Å². The lowest BCUT2D eigenvalue weighted by atomic mass is 10.2. The van der Waals surface area contributed by atoms with Gasteiger partial charge in [-0.3, -0.25) is 9.10 Å². The standard InChI is InChI=1S/C31H31N3O5S2/c1-3-38-27-15-11-26(12-16-27)34(41(36,37)30-19-17-29(40-2)18-20-30)22-31(35)33-32-21-24-9-13-28(14-10-24)39-23-25-7-5-4-6-8-25/h4-21H,3,22-23H2,1-2H3,(H,33,35)/b32-21-. The fraction of sp³-hybridized carbons (Fsp3) is 0.161. The number of thioether (sulfide) groups is 1.